The Morgan fingerprint density at radius 2 is 1.34 bits per heavy atom. The Balaban J connectivity index is 2.80. The van der Waals surface area contributed by atoms with E-state index in [-0.39, 0.29) is 11.9 Å². The second-order valence-corrected chi connectivity index (χ2v) is 8.76. The van der Waals surface area contributed by atoms with Crippen LogP contribution in [0.25, 0.3) is 0 Å². The summed E-state index contributed by atoms with van der Waals surface area (Å²) < 4.78 is 11.1. The number of carbonyl (C=O) groups excluding carboxylic acids is 2. The van der Waals surface area contributed by atoms with Crippen LogP contribution in [0.3, 0.4) is 0 Å². The molecule has 29 heavy (non-hydrogen) atoms. The van der Waals surface area contributed by atoms with Crippen molar-refractivity contribution in [1.29, 1.82) is 0 Å². The molecule has 0 saturated heterocycles. The molecule has 0 amide bonds. The molecule has 1 aromatic rings. The molecule has 0 spiro atoms. The highest BCUT2D eigenvalue weighted by Gasteiger charge is 2.15. The van der Waals surface area contributed by atoms with E-state index in [9.17, 15) is 9.59 Å². The summed E-state index contributed by atoms with van der Waals surface area (Å²) in [5, 5.41) is 0. The number of unbranched alkanes of at least 4 members (excludes halogenated alkanes) is 4. The Kier molecular flexibility index (Phi) is 12.3. The van der Waals surface area contributed by atoms with Gasteiger partial charge in [0.1, 0.15) is 0 Å². The standard InChI is InChI=1S/C25H40O4/c1-6-7-8-9-10-11-21-14-15-22(28-24(26)16-12-19(2)3)23(18-21)29-25(27)17-13-20(4)5/h14-15,18-20H,6-13,16-17H2,1-5H3. The first-order valence-electron chi connectivity index (χ1n) is 11.4. The molecule has 4 nitrogen and oxygen atoms in total. The molecule has 4 heteroatoms. The van der Waals surface area contributed by atoms with Crippen molar-refractivity contribution < 1.29 is 19.1 Å². The lowest BCUT2D eigenvalue weighted by Gasteiger charge is -2.13. The summed E-state index contributed by atoms with van der Waals surface area (Å²) in [6.07, 6.45) is 9.25. The summed E-state index contributed by atoms with van der Waals surface area (Å²) in [5.74, 6) is 1.01. The van der Waals surface area contributed by atoms with Crippen LogP contribution in [-0.4, -0.2) is 11.9 Å². The predicted molar refractivity (Wildman–Crippen MR) is 118 cm³/mol. The minimum atomic E-state index is -0.287. The number of esters is 2. The maximum absolute atomic E-state index is 12.3. The van der Waals surface area contributed by atoms with E-state index in [1.54, 1.807) is 6.07 Å². The third kappa shape index (κ3) is 11.7. The lowest BCUT2D eigenvalue weighted by atomic mass is 10.0. The molecule has 0 atom stereocenters. The van der Waals surface area contributed by atoms with E-state index in [0.29, 0.717) is 36.2 Å². The Labute approximate surface area is 177 Å². The minimum Gasteiger partial charge on any atom is -0.423 e. The zero-order chi connectivity index (χ0) is 21.6. The fourth-order valence-corrected chi connectivity index (χ4v) is 2.97. The molecule has 0 aromatic heterocycles. The average Bonchev–Trinajstić information content (AvgIpc) is 2.66. The van der Waals surface area contributed by atoms with Crippen LogP contribution in [0, 0.1) is 11.8 Å². The van der Waals surface area contributed by atoms with Gasteiger partial charge in [0.2, 0.25) is 0 Å². The molecule has 0 aliphatic carbocycles. The topological polar surface area (TPSA) is 52.6 Å². The maximum atomic E-state index is 12.3. The van der Waals surface area contributed by atoms with Gasteiger partial charge in [-0.25, -0.2) is 0 Å². The summed E-state index contributed by atoms with van der Waals surface area (Å²) in [6.45, 7) is 10.5. The van der Waals surface area contributed by atoms with Gasteiger partial charge in [0.15, 0.2) is 11.5 Å². The highest BCUT2D eigenvalue weighted by molar-refractivity contribution is 5.76. The molecular formula is C25H40O4. The Hall–Kier alpha value is -1.84. The average molecular weight is 405 g/mol. The van der Waals surface area contributed by atoms with E-state index in [1.165, 1.54) is 25.7 Å². The van der Waals surface area contributed by atoms with Crippen molar-refractivity contribution in [2.75, 3.05) is 0 Å². The molecule has 1 aromatic carbocycles. The highest BCUT2D eigenvalue weighted by atomic mass is 16.6. The molecular weight excluding hydrogens is 364 g/mol. The van der Waals surface area contributed by atoms with Crippen LogP contribution in [0.2, 0.25) is 0 Å². The number of carbonyl (C=O) groups is 2. The van der Waals surface area contributed by atoms with Crippen molar-refractivity contribution in [2.24, 2.45) is 11.8 Å². The normalized spacial score (nSPS) is 11.1. The summed E-state index contributed by atoms with van der Waals surface area (Å²) in [7, 11) is 0. The highest BCUT2D eigenvalue weighted by Crippen LogP contribution is 2.30. The number of hydrogen-bond acceptors (Lipinski definition) is 4. The number of aryl methyl sites for hydroxylation is 1. The molecule has 1 rings (SSSR count). The van der Waals surface area contributed by atoms with E-state index < -0.39 is 0 Å². The van der Waals surface area contributed by atoms with Gasteiger partial charge >= 0.3 is 11.9 Å². The van der Waals surface area contributed by atoms with E-state index in [2.05, 4.69) is 34.6 Å². The van der Waals surface area contributed by atoms with Crippen LogP contribution in [0.5, 0.6) is 11.5 Å². The molecule has 164 valence electrons. The van der Waals surface area contributed by atoms with Gasteiger partial charge in [-0.05, 0) is 55.2 Å². The molecule has 0 bridgehead atoms. The van der Waals surface area contributed by atoms with Crippen LogP contribution in [-0.2, 0) is 16.0 Å². The number of ether oxygens (including phenoxy) is 2. The van der Waals surface area contributed by atoms with Crippen LogP contribution in [0.1, 0.15) is 98.0 Å². The first-order chi connectivity index (χ1) is 13.8. The largest absolute Gasteiger partial charge is 0.423 e. The Morgan fingerprint density at radius 1 is 0.793 bits per heavy atom. The van der Waals surface area contributed by atoms with E-state index in [4.69, 9.17) is 9.47 Å². The van der Waals surface area contributed by atoms with Gasteiger partial charge in [-0.2, -0.15) is 0 Å². The Bertz CT molecular complexity index is 619. The van der Waals surface area contributed by atoms with Gasteiger partial charge < -0.3 is 9.47 Å². The monoisotopic (exact) mass is 404 g/mol. The fourth-order valence-electron chi connectivity index (χ4n) is 2.97. The quantitative estimate of drug-likeness (QED) is 0.193. The maximum Gasteiger partial charge on any atom is 0.311 e. The van der Waals surface area contributed by atoms with Crippen molar-refractivity contribution in [3.63, 3.8) is 0 Å². The van der Waals surface area contributed by atoms with Gasteiger partial charge in [0.25, 0.3) is 0 Å². The molecule has 0 N–H and O–H groups in total. The van der Waals surface area contributed by atoms with E-state index in [0.717, 1.165) is 31.2 Å². The summed E-state index contributed by atoms with van der Waals surface area (Å²) in [6, 6.07) is 5.59. The zero-order valence-corrected chi connectivity index (χ0v) is 19.1. The van der Waals surface area contributed by atoms with Crippen molar-refractivity contribution in [2.45, 2.75) is 98.8 Å². The molecule has 0 aliphatic rings. The van der Waals surface area contributed by atoms with Gasteiger partial charge in [0, 0.05) is 12.8 Å². The lowest BCUT2D eigenvalue weighted by molar-refractivity contribution is -0.137. The van der Waals surface area contributed by atoms with E-state index in [1.807, 2.05) is 12.1 Å². The fraction of sp³-hybridized carbons (Fsp3) is 0.680. The van der Waals surface area contributed by atoms with Crippen molar-refractivity contribution in [3.05, 3.63) is 23.8 Å². The first kappa shape index (κ1) is 25.2. The molecule has 0 heterocycles. The second-order valence-electron chi connectivity index (χ2n) is 8.76. The number of benzene rings is 1. The second kappa shape index (κ2) is 14.2. The SMILES string of the molecule is CCCCCCCc1ccc(OC(=O)CCC(C)C)c(OC(=O)CCC(C)C)c1. The summed E-state index contributed by atoms with van der Waals surface area (Å²) in [4.78, 5) is 24.4. The lowest BCUT2D eigenvalue weighted by Crippen LogP contribution is -2.13. The number of rotatable bonds is 14. The molecule has 0 radical (unpaired) electrons. The zero-order valence-electron chi connectivity index (χ0n) is 19.1. The van der Waals surface area contributed by atoms with Crippen LogP contribution < -0.4 is 9.47 Å². The van der Waals surface area contributed by atoms with Crippen LogP contribution >= 0.6 is 0 Å². The summed E-state index contributed by atoms with van der Waals surface area (Å²) in [5.41, 5.74) is 1.11. The van der Waals surface area contributed by atoms with Crippen LogP contribution in [0.4, 0.5) is 0 Å². The number of hydrogen-bond donors (Lipinski definition) is 0. The van der Waals surface area contributed by atoms with Gasteiger partial charge in [-0.15, -0.1) is 0 Å². The molecule has 0 fully saturated rings. The third-order valence-electron chi connectivity index (χ3n) is 4.88. The third-order valence-corrected chi connectivity index (χ3v) is 4.88. The van der Waals surface area contributed by atoms with Gasteiger partial charge in [0.05, 0.1) is 0 Å². The molecule has 0 saturated carbocycles. The van der Waals surface area contributed by atoms with Crippen molar-refractivity contribution in [1.82, 2.24) is 0 Å². The van der Waals surface area contributed by atoms with Crippen molar-refractivity contribution in [3.8, 4) is 11.5 Å². The Morgan fingerprint density at radius 3 is 1.90 bits per heavy atom. The van der Waals surface area contributed by atoms with Gasteiger partial charge in [-0.3, -0.25) is 9.59 Å². The predicted octanol–water partition coefficient (Wildman–Crippen LogP) is 6.88. The first-order valence-corrected chi connectivity index (χ1v) is 11.4. The minimum absolute atomic E-state index is 0.279. The van der Waals surface area contributed by atoms with Crippen molar-refractivity contribution >= 4 is 11.9 Å². The van der Waals surface area contributed by atoms with Crippen LogP contribution in [0.15, 0.2) is 18.2 Å². The van der Waals surface area contributed by atoms with Gasteiger partial charge in [-0.1, -0.05) is 66.4 Å². The summed E-state index contributed by atoms with van der Waals surface area (Å²) >= 11 is 0. The van der Waals surface area contributed by atoms with E-state index >= 15 is 0 Å². The molecule has 0 aliphatic heterocycles. The smallest absolute Gasteiger partial charge is 0.311 e. The molecule has 0 unspecified atom stereocenters.